The molecule has 36 heavy (non-hydrogen) atoms. The maximum absolute atomic E-state index is 12.8. The summed E-state index contributed by atoms with van der Waals surface area (Å²) in [6.45, 7) is 0. The lowest BCUT2D eigenvalue weighted by Crippen LogP contribution is -2.44. The van der Waals surface area contributed by atoms with Crippen molar-refractivity contribution in [3.05, 3.63) is 71.0 Å². The second-order valence-electron chi connectivity index (χ2n) is 7.64. The minimum absolute atomic E-state index is 0.0297. The van der Waals surface area contributed by atoms with Gasteiger partial charge < -0.3 is 15.7 Å². The minimum atomic E-state index is -3.42. The second kappa shape index (κ2) is 11.6. The van der Waals surface area contributed by atoms with Crippen LogP contribution < -0.4 is 10.6 Å². The highest BCUT2D eigenvalue weighted by molar-refractivity contribution is 7.90. The Morgan fingerprint density at radius 1 is 1.17 bits per heavy atom. The predicted octanol–water partition coefficient (Wildman–Crippen LogP) is 1.59. The van der Waals surface area contributed by atoms with E-state index >= 15 is 0 Å². The Labute approximate surface area is 210 Å². The van der Waals surface area contributed by atoms with E-state index in [0.717, 1.165) is 6.26 Å². The third-order valence-electron chi connectivity index (χ3n) is 4.81. The molecule has 0 saturated heterocycles. The summed E-state index contributed by atoms with van der Waals surface area (Å²) in [6, 6.07) is 9.08. The van der Waals surface area contributed by atoms with Gasteiger partial charge in [-0.2, -0.15) is 4.68 Å². The first-order valence-corrected chi connectivity index (χ1v) is 12.8. The smallest absolute Gasteiger partial charge is 0.335 e. The molecule has 188 valence electrons. The van der Waals surface area contributed by atoms with E-state index in [0.29, 0.717) is 16.3 Å². The summed E-state index contributed by atoms with van der Waals surface area (Å²) in [7, 11) is -3.42. The van der Waals surface area contributed by atoms with Gasteiger partial charge in [-0.25, -0.2) is 13.2 Å². The van der Waals surface area contributed by atoms with E-state index in [2.05, 4.69) is 26.2 Å². The number of aromatic nitrogens is 4. The van der Waals surface area contributed by atoms with Crippen molar-refractivity contribution in [1.82, 2.24) is 25.5 Å². The molecule has 0 aliphatic rings. The SMILES string of the molecule is CS(=O)(=O)CC[C@H](NC(=O)/C=C/c1cc(Cl)ccc1-n1cnnn1)C(=O)Nc1ccc(C(=O)O)cc1. The molecule has 0 saturated carbocycles. The average Bonchev–Trinajstić information content (AvgIpc) is 3.35. The van der Waals surface area contributed by atoms with E-state index < -0.39 is 33.7 Å². The van der Waals surface area contributed by atoms with Crippen LogP contribution in [0.1, 0.15) is 22.3 Å². The van der Waals surface area contributed by atoms with Crippen LogP contribution in [0.25, 0.3) is 11.8 Å². The van der Waals surface area contributed by atoms with Crippen molar-refractivity contribution in [2.75, 3.05) is 17.3 Å². The molecule has 14 heteroatoms. The number of benzene rings is 2. The first kappa shape index (κ1) is 26.5. The molecule has 2 amide bonds. The molecule has 1 aromatic heterocycles. The largest absolute Gasteiger partial charge is 0.478 e. The zero-order valence-electron chi connectivity index (χ0n) is 18.8. The summed E-state index contributed by atoms with van der Waals surface area (Å²) < 4.78 is 24.7. The van der Waals surface area contributed by atoms with Gasteiger partial charge in [-0.05, 0) is 65.4 Å². The van der Waals surface area contributed by atoms with E-state index in [1.807, 2.05) is 0 Å². The van der Waals surface area contributed by atoms with E-state index in [4.69, 9.17) is 16.7 Å². The summed E-state index contributed by atoms with van der Waals surface area (Å²) in [5.41, 5.74) is 1.37. The number of carboxylic acid groups (broad SMARTS) is 1. The van der Waals surface area contributed by atoms with Crippen LogP contribution in [-0.4, -0.2) is 69.6 Å². The molecule has 0 radical (unpaired) electrons. The number of tetrazole rings is 1. The Hall–Kier alpha value is -4.10. The van der Waals surface area contributed by atoms with Crippen molar-refractivity contribution in [3.8, 4) is 5.69 Å². The number of aromatic carboxylic acids is 1. The zero-order valence-corrected chi connectivity index (χ0v) is 20.4. The Morgan fingerprint density at radius 3 is 2.50 bits per heavy atom. The third-order valence-corrected chi connectivity index (χ3v) is 6.02. The quantitative estimate of drug-likeness (QED) is 0.327. The molecule has 0 unspecified atom stereocenters. The van der Waals surface area contributed by atoms with Crippen LogP contribution in [0.2, 0.25) is 5.02 Å². The number of halogens is 1. The fourth-order valence-corrected chi connectivity index (χ4v) is 3.90. The molecular weight excluding hydrogens is 512 g/mol. The first-order chi connectivity index (χ1) is 17.0. The minimum Gasteiger partial charge on any atom is -0.478 e. The standard InChI is InChI=1S/C22H21ClN6O6S/c1-36(34,35)11-10-18(21(31)25-17-6-2-14(3-7-17)22(32)33)26-20(30)9-4-15-12-16(23)5-8-19(15)29-13-24-27-28-29/h2-9,12-13,18H,10-11H2,1H3,(H,25,31)(H,26,30)(H,32,33)/b9-4+/t18-/m0/s1. The van der Waals surface area contributed by atoms with Gasteiger partial charge in [0, 0.05) is 28.6 Å². The topological polar surface area (TPSA) is 173 Å². The number of rotatable bonds is 10. The van der Waals surface area contributed by atoms with Crippen molar-refractivity contribution >= 4 is 51.0 Å². The summed E-state index contributed by atoms with van der Waals surface area (Å²) in [5.74, 6) is -2.79. The van der Waals surface area contributed by atoms with Gasteiger partial charge in [0.15, 0.2) is 0 Å². The molecule has 3 N–H and O–H groups in total. The number of hydrogen-bond acceptors (Lipinski definition) is 8. The maximum Gasteiger partial charge on any atom is 0.335 e. The summed E-state index contributed by atoms with van der Waals surface area (Å²) in [5, 5.41) is 25.4. The van der Waals surface area contributed by atoms with Crippen LogP contribution in [-0.2, 0) is 19.4 Å². The van der Waals surface area contributed by atoms with Gasteiger partial charge in [-0.15, -0.1) is 5.10 Å². The van der Waals surface area contributed by atoms with Crippen molar-refractivity contribution < 1.29 is 27.9 Å². The molecule has 3 aromatic rings. The van der Waals surface area contributed by atoms with Gasteiger partial charge in [0.25, 0.3) is 0 Å². The number of sulfone groups is 1. The maximum atomic E-state index is 12.8. The summed E-state index contributed by atoms with van der Waals surface area (Å²) in [4.78, 5) is 36.4. The number of nitrogens with zero attached hydrogens (tertiary/aromatic N) is 4. The van der Waals surface area contributed by atoms with Gasteiger partial charge in [-0.3, -0.25) is 9.59 Å². The fraction of sp³-hybridized carbons (Fsp3) is 0.182. The van der Waals surface area contributed by atoms with Crippen LogP contribution in [0.3, 0.4) is 0 Å². The van der Waals surface area contributed by atoms with Crippen LogP contribution in [0.5, 0.6) is 0 Å². The van der Waals surface area contributed by atoms with Crippen molar-refractivity contribution in [2.24, 2.45) is 0 Å². The molecule has 1 heterocycles. The van der Waals surface area contributed by atoms with Crippen molar-refractivity contribution in [2.45, 2.75) is 12.5 Å². The Balaban J connectivity index is 1.76. The van der Waals surface area contributed by atoms with E-state index in [1.54, 1.807) is 18.2 Å². The van der Waals surface area contributed by atoms with Gasteiger partial charge in [0.1, 0.15) is 22.2 Å². The average molecular weight is 533 g/mol. The summed E-state index contributed by atoms with van der Waals surface area (Å²) in [6.07, 6.45) is 4.84. The van der Waals surface area contributed by atoms with Crippen LogP contribution in [0, 0.1) is 0 Å². The number of carbonyl (C=O) groups excluding carboxylic acids is 2. The fourth-order valence-electron chi connectivity index (χ4n) is 3.05. The molecule has 12 nitrogen and oxygen atoms in total. The van der Waals surface area contributed by atoms with E-state index in [1.165, 1.54) is 47.4 Å². The van der Waals surface area contributed by atoms with Gasteiger partial charge >= 0.3 is 5.97 Å². The number of hydrogen-bond donors (Lipinski definition) is 3. The number of amides is 2. The normalized spacial score (nSPS) is 12.3. The molecule has 0 bridgehead atoms. The molecule has 0 spiro atoms. The molecule has 3 rings (SSSR count). The number of carbonyl (C=O) groups is 3. The van der Waals surface area contributed by atoms with Crippen molar-refractivity contribution in [1.29, 1.82) is 0 Å². The van der Waals surface area contributed by atoms with Crippen LogP contribution in [0.15, 0.2) is 54.9 Å². The Bertz CT molecular complexity index is 1390. The third kappa shape index (κ3) is 7.71. The zero-order chi connectivity index (χ0) is 26.3. The van der Waals surface area contributed by atoms with Gasteiger partial charge in [0.05, 0.1) is 17.0 Å². The highest BCUT2D eigenvalue weighted by Gasteiger charge is 2.22. The molecular formula is C22H21ClN6O6S. The number of carboxylic acids is 1. The second-order valence-corrected chi connectivity index (χ2v) is 10.3. The molecule has 0 fully saturated rings. The lowest BCUT2D eigenvalue weighted by molar-refractivity contribution is -0.123. The monoisotopic (exact) mass is 532 g/mol. The van der Waals surface area contributed by atoms with E-state index in [-0.39, 0.29) is 23.4 Å². The van der Waals surface area contributed by atoms with Gasteiger partial charge in [0.2, 0.25) is 11.8 Å². The molecule has 0 aliphatic carbocycles. The highest BCUT2D eigenvalue weighted by Crippen LogP contribution is 2.20. The summed E-state index contributed by atoms with van der Waals surface area (Å²) >= 11 is 6.07. The van der Waals surface area contributed by atoms with Crippen molar-refractivity contribution in [3.63, 3.8) is 0 Å². The lowest BCUT2D eigenvalue weighted by atomic mass is 10.1. The number of anilines is 1. The molecule has 1 atom stereocenters. The Kier molecular flexibility index (Phi) is 8.51. The Morgan fingerprint density at radius 2 is 1.89 bits per heavy atom. The van der Waals surface area contributed by atoms with E-state index in [9.17, 15) is 22.8 Å². The number of nitrogens with one attached hydrogen (secondary N) is 2. The lowest BCUT2D eigenvalue weighted by Gasteiger charge is -2.17. The molecule has 2 aromatic carbocycles. The predicted molar refractivity (Wildman–Crippen MR) is 131 cm³/mol. The first-order valence-electron chi connectivity index (χ1n) is 10.4. The van der Waals surface area contributed by atoms with Gasteiger partial charge in [-0.1, -0.05) is 11.6 Å². The van der Waals surface area contributed by atoms with Crippen LogP contribution >= 0.6 is 11.6 Å². The molecule has 0 aliphatic heterocycles. The van der Waals surface area contributed by atoms with Crippen LogP contribution in [0.4, 0.5) is 5.69 Å². The highest BCUT2D eigenvalue weighted by atomic mass is 35.5.